The quantitative estimate of drug-likeness (QED) is 0.449. The van der Waals surface area contributed by atoms with Gasteiger partial charge in [-0.25, -0.2) is 4.68 Å². The third kappa shape index (κ3) is 0.813. The number of nitrogens with one attached hydrogen (secondary N) is 1. The molecule has 0 spiro atoms. The van der Waals surface area contributed by atoms with Crippen LogP contribution in [-0.2, 0) is 0 Å². The van der Waals surface area contributed by atoms with Gasteiger partial charge < -0.3 is 10.8 Å². The van der Waals surface area contributed by atoms with Crippen LogP contribution in [0, 0.1) is 4.77 Å². The Morgan fingerprint density at radius 3 is 3.18 bits per heavy atom. The molecule has 0 aliphatic carbocycles. The van der Waals surface area contributed by atoms with Gasteiger partial charge in [0.05, 0.1) is 17.2 Å². The lowest BCUT2D eigenvalue weighted by molar-refractivity contribution is 1.01. The predicted molar refractivity (Wildman–Crippen MR) is 45.1 cm³/mol. The highest BCUT2D eigenvalue weighted by atomic mass is 32.1. The number of nitrogens with two attached hydrogens (primary N) is 1. The summed E-state index contributed by atoms with van der Waals surface area (Å²) in [6.07, 6.45) is 3.36. The molecule has 0 saturated heterocycles. The fourth-order valence-electron chi connectivity index (χ4n) is 0.978. The van der Waals surface area contributed by atoms with Crippen molar-refractivity contribution in [1.82, 2.24) is 14.6 Å². The van der Waals surface area contributed by atoms with E-state index < -0.39 is 0 Å². The van der Waals surface area contributed by atoms with Crippen LogP contribution >= 0.6 is 12.2 Å². The third-order valence-electron chi connectivity index (χ3n) is 1.52. The number of fused-ring (bicyclic) bond motifs is 1. The van der Waals surface area contributed by atoms with E-state index in [9.17, 15) is 0 Å². The van der Waals surface area contributed by atoms with Crippen molar-refractivity contribution in [3.63, 3.8) is 0 Å². The highest BCUT2D eigenvalue weighted by Crippen LogP contribution is 2.07. The topological polar surface area (TPSA) is 59.6 Å². The summed E-state index contributed by atoms with van der Waals surface area (Å²) < 4.78 is 1.93. The van der Waals surface area contributed by atoms with E-state index >= 15 is 0 Å². The van der Waals surface area contributed by atoms with Gasteiger partial charge in [-0.1, -0.05) is 0 Å². The Balaban J connectivity index is 3.04. The molecule has 0 aliphatic rings. The predicted octanol–water partition coefficient (Wildman–Crippen LogP) is 0.808. The number of nitrogens with zero attached hydrogens (tertiary/aromatic N) is 2. The lowest BCUT2D eigenvalue weighted by Gasteiger charge is -1.90. The molecular formula is C6H6N4S. The fourth-order valence-corrected chi connectivity index (χ4v) is 1.19. The minimum atomic E-state index is 0.507. The van der Waals surface area contributed by atoms with Gasteiger partial charge in [-0.3, -0.25) is 4.98 Å². The van der Waals surface area contributed by atoms with Crippen LogP contribution in [0.1, 0.15) is 0 Å². The van der Waals surface area contributed by atoms with Gasteiger partial charge in [-0.05, 0) is 18.3 Å². The molecule has 2 heterocycles. The van der Waals surface area contributed by atoms with Crippen LogP contribution in [0.15, 0.2) is 18.5 Å². The molecule has 0 fully saturated rings. The Kier molecular flexibility index (Phi) is 1.19. The van der Waals surface area contributed by atoms with Crippen molar-refractivity contribution in [2.75, 3.05) is 5.84 Å². The Hall–Kier alpha value is -1.36. The van der Waals surface area contributed by atoms with Gasteiger partial charge in [0.1, 0.15) is 0 Å². The zero-order chi connectivity index (χ0) is 7.84. The molecule has 2 aromatic rings. The van der Waals surface area contributed by atoms with Crippen molar-refractivity contribution < 1.29 is 0 Å². The lowest BCUT2D eigenvalue weighted by atomic mass is 10.4. The van der Waals surface area contributed by atoms with Gasteiger partial charge in [-0.2, -0.15) is 0 Å². The van der Waals surface area contributed by atoms with E-state index in [-0.39, 0.29) is 0 Å². The van der Waals surface area contributed by atoms with E-state index in [0.29, 0.717) is 4.77 Å². The second kappa shape index (κ2) is 2.06. The number of hydrogen-bond donors (Lipinski definition) is 2. The summed E-state index contributed by atoms with van der Waals surface area (Å²) in [5.41, 5.74) is 1.73. The van der Waals surface area contributed by atoms with E-state index in [1.165, 1.54) is 4.68 Å². The molecule has 11 heavy (non-hydrogen) atoms. The molecule has 0 atom stereocenters. The van der Waals surface area contributed by atoms with Crippen molar-refractivity contribution in [3.8, 4) is 0 Å². The minimum Gasteiger partial charge on any atom is -0.337 e. The normalized spacial score (nSPS) is 10.5. The zero-order valence-electron chi connectivity index (χ0n) is 5.61. The molecule has 3 N–H and O–H groups in total. The third-order valence-corrected chi connectivity index (χ3v) is 1.82. The second-order valence-electron chi connectivity index (χ2n) is 2.19. The largest absolute Gasteiger partial charge is 0.337 e. The molecular weight excluding hydrogens is 160 g/mol. The van der Waals surface area contributed by atoms with E-state index in [0.717, 1.165) is 11.0 Å². The average Bonchev–Trinajstić information content (AvgIpc) is 2.30. The molecule has 2 aromatic heterocycles. The lowest BCUT2D eigenvalue weighted by Crippen LogP contribution is -2.06. The van der Waals surface area contributed by atoms with Crippen LogP contribution in [0.3, 0.4) is 0 Å². The summed E-state index contributed by atoms with van der Waals surface area (Å²) in [5, 5.41) is 0. The molecule has 2 rings (SSSR count). The van der Waals surface area contributed by atoms with Gasteiger partial charge >= 0.3 is 0 Å². The first-order chi connectivity index (χ1) is 5.29. The fraction of sp³-hybridized carbons (Fsp3) is 0. The van der Waals surface area contributed by atoms with E-state index in [4.69, 9.17) is 18.1 Å². The minimum absolute atomic E-state index is 0.507. The zero-order valence-corrected chi connectivity index (χ0v) is 6.43. The molecule has 56 valence electrons. The van der Waals surface area contributed by atoms with Crippen LogP contribution in [0.2, 0.25) is 0 Å². The van der Waals surface area contributed by atoms with Crippen molar-refractivity contribution in [3.05, 3.63) is 23.2 Å². The summed E-state index contributed by atoms with van der Waals surface area (Å²) in [7, 11) is 0. The number of pyridine rings is 1. The highest BCUT2D eigenvalue weighted by molar-refractivity contribution is 7.71. The van der Waals surface area contributed by atoms with Crippen LogP contribution in [0.25, 0.3) is 11.0 Å². The van der Waals surface area contributed by atoms with Crippen molar-refractivity contribution in [2.45, 2.75) is 0 Å². The highest BCUT2D eigenvalue weighted by Gasteiger charge is 1.98. The molecule has 5 heteroatoms. The Morgan fingerprint density at radius 2 is 2.45 bits per heavy atom. The Morgan fingerprint density at radius 1 is 1.64 bits per heavy atom. The molecule has 4 nitrogen and oxygen atoms in total. The van der Waals surface area contributed by atoms with Crippen LogP contribution < -0.4 is 5.84 Å². The van der Waals surface area contributed by atoms with E-state index in [2.05, 4.69) is 9.97 Å². The standard InChI is InChI=1S/C6H6N4S/c7-10-5-1-2-8-3-4(5)9-6(10)11/h1-3H,7H2,(H,9,11). The van der Waals surface area contributed by atoms with Gasteiger partial charge in [-0.15, -0.1) is 0 Å². The van der Waals surface area contributed by atoms with Gasteiger partial charge in [0.25, 0.3) is 0 Å². The number of nitrogen functional groups attached to an aromatic ring is 1. The van der Waals surface area contributed by atoms with Crippen LogP contribution in [0.5, 0.6) is 0 Å². The molecule has 0 aliphatic heterocycles. The monoisotopic (exact) mass is 166 g/mol. The van der Waals surface area contributed by atoms with Crippen molar-refractivity contribution in [2.24, 2.45) is 0 Å². The summed E-state index contributed by atoms with van der Waals surface area (Å²) in [6.45, 7) is 0. The maximum absolute atomic E-state index is 5.59. The number of aromatic amines is 1. The smallest absolute Gasteiger partial charge is 0.196 e. The van der Waals surface area contributed by atoms with Crippen LogP contribution in [0.4, 0.5) is 0 Å². The van der Waals surface area contributed by atoms with Gasteiger partial charge in [0.15, 0.2) is 4.77 Å². The Bertz CT molecular complexity index is 441. The molecule has 0 saturated carbocycles. The maximum atomic E-state index is 5.59. The summed E-state index contributed by atoms with van der Waals surface area (Å²) in [6, 6.07) is 1.81. The summed E-state index contributed by atoms with van der Waals surface area (Å²) >= 11 is 4.91. The first-order valence-electron chi connectivity index (χ1n) is 3.09. The first-order valence-corrected chi connectivity index (χ1v) is 3.49. The SMILES string of the molecule is Nn1c(=S)[nH]c2cnccc21. The molecule has 0 amide bonds. The number of rotatable bonds is 0. The summed E-state index contributed by atoms with van der Waals surface area (Å²) in [5.74, 6) is 5.59. The van der Waals surface area contributed by atoms with E-state index in [1.54, 1.807) is 12.4 Å². The summed E-state index contributed by atoms with van der Waals surface area (Å²) in [4.78, 5) is 6.84. The molecule has 0 unspecified atom stereocenters. The number of aromatic nitrogens is 3. The van der Waals surface area contributed by atoms with Gasteiger partial charge in [0, 0.05) is 6.20 Å². The Labute approximate surface area is 67.6 Å². The number of imidazole rings is 1. The molecule has 0 radical (unpaired) electrons. The second-order valence-corrected chi connectivity index (χ2v) is 2.58. The number of hydrogen-bond acceptors (Lipinski definition) is 3. The average molecular weight is 166 g/mol. The van der Waals surface area contributed by atoms with Crippen LogP contribution in [-0.4, -0.2) is 14.6 Å². The van der Waals surface area contributed by atoms with Crippen molar-refractivity contribution >= 4 is 23.3 Å². The molecule has 0 aromatic carbocycles. The maximum Gasteiger partial charge on any atom is 0.196 e. The van der Waals surface area contributed by atoms with Crippen molar-refractivity contribution in [1.29, 1.82) is 0 Å². The number of H-pyrrole nitrogens is 1. The first kappa shape index (κ1) is 6.36. The molecule has 0 bridgehead atoms. The van der Waals surface area contributed by atoms with E-state index in [1.807, 2.05) is 6.07 Å². The van der Waals surface area contributed by atoms with Gasteiger partial charge in [0.2, 0.25) is 0 Å².